The molecule has 0 aromatic carbocycles. The Morgan fingerprint density at radius 1 is 1.48 bits per heavy atom. The highest BCUT2D eigenvalue weighted by molar-refractivity contribution is 7.14. The third kappa shape index (κ3) is 4.09. The zero-order valence-electron chi connectivity index (χ0n) is 12.5. The molecule has 0 aliphatic rings. The number of anilines is 1. The second-order valence-corrected chi connectivity index (χ2v) is 5.58. The lowest BCUT2D eigenvalue weighted by atomic mass is 10.2. The number of carbonyl (C=O) groups excluding carboxylic acids is 1. The van der Waals surface area contributed by atoms with E-state index in [-0.39, 0.29) is 11.9 Å². The van der Waals surface area contributed by atoms with E-state index in [4.69, 9.17) is 0 Å². The second-order valence-electron chi connectivity index (χ2n) is 4.74. The molecule has 0 saturated carbocycles. The van der Waals surface area contributed by atoms with E-state index in [9.17, 15) is 4.79 Å². The van der Waals surface area contributed by atoms with E-state index in [1.807, 2.05) is 30.5 Å². The van der Waals surface area contributed by atoms with Crippen LogP contribution in [0.2, 0.25) is 0 Å². The minimum Gasteiger partial charge on any atom is -0.303 e. The van der Waals surface area contributed by atoms with Gasteiger partial charge in [0.05, 0.1) is 11.4 Å². The summed E-state index contributed by atoms with van der Waals surface area (Å²) in [5.41, 5.74) is 1.95. The number of rotatable bonds is 6. The van der Waals surface area contributed by atoms with E-state index in [0.29, 0.717) is 13.1 Å². The number of thiazole rings is 1. The van der Waals surface area contributed by atoms with Gasteiger partial charge in [-0.05, 0) is 26.0 Å². The minimum absolute atomic E-state index is 0.0215. The fourth-order valence-electron chi connectivity index (χ4n) is 1.99. The highest BCUT2D eigenvalue weighted by atomic mass is 32.1. The minimum atomic E-state index is 0.0215. The SMILES string of the molecule is CCN(C(C)=O)c1nc(CN[C@@H](C)c2ccccn2)cs1. The number of hydrogen-bond acceptors (Lipinski definition) is 5. The van der Waals surface area contributed by atoms with Crippen LogP contribution in [0.3, 0.4) is 0 Å². The van der Waals surface area contributed by atoms with Crippen LogP contribution in [0.15, 0.2) is 29.8 Å². The summed E-state index contributed by atoms with van der Waals surface area (Å²) < 4.78 is 0. The predicted molar refractivity (Wildman–Crippen MR) is 85.3 cm³/mol. The van der Waals surface area contributed by atoms with Gasteiger partial charge in [0.15, 0.2) is 5.13 Å². The summed E-state index contributed by atoms with van der Waals surface area (Å²) in [5, 5.41) is 6.13. The van der Waals surface area contributed by atoms with Crippen molar-refractivity contribution in [1.29, 1.82) is 0 Å². The third-order valence-electron chi connectivity index (χ3n) is 3.19. The first-order valence-corrected chi connectivity index (χ1v) is 7.86. The second kappa shape index (κ2) is 7.28. The quantitative estimate of drug-likeness (QED) is 0.891. The van der Waals surface area contributed by atoms with E-state index in [0.717, 1.165) is 16.5 Å². The number of pyridine rings is 1. The standard InChI is InChI=1S/C15H20N4OS/c1-4-19(12(3)20)15-18-13(10-21-15)9-17-11(2)14-7-5-6-8-16-14/h5-8,10-11,17H,4,9H2,1-3H3/t11-/m0/s1. The lowest BCUT2D eigenvalue weighted by Crippen LogP contribution is -2.27. The summed E-state index contributed by atoms with van der Waals surface area (Å²) >= 11 is 1.50. The Morgan fingerprint density at radius 2 is 2.29 bits per heavy atom. The summed E-state index contributed by atoms with van der Waals surface area (Å²) in [6, 6.07) is 6.04. The molecule has 0 unspecified atom stereocenters. The van der Waals surface area contributed by atoms with Crippen molar-refractivity contribution in [1.82, 2.24) is 15.3 Å². The molecule has 0 aliphatic heterocycles. The number of nitrogens with one attached hydrogen (secondary N) is 1. The monoisotopic (exact) mass is 304 g/mol. The molecule has 1 atom stereocenters. The molecule has 5 nitrogen and oxygen atoms in total. The summed E-state index contributed by atoms with van der Waals surface area (Å²) in [4.78, 5) is 22.0. The topological polar surface area (TPSA) is 58.1 Å². The molecule has 112 valence electrons. The predicted octanol–water partition coefficient (Wildman–Crippen LogP) is 2.76. The van der Waals surface area contributed by atoms with Crippen molar-refractivity contribution in [3.63, 3.8) is 0 Å². The van der Waals surface area contributed by atoms with Gasteiger partial charge in [-0.3, -0.25) is 14.7 Å². The highest BCUT2D eigenvalue weighted by Crippen LogP contribution is 2.21. The molecule has 0 saturated heterocycles. The number of amides is 1. The van der Waals surface area contributed by atoms with E-state index in [2.05, 4.69) is 22.2 Å². The number of hydrogen-bond donors (Lipinski definition) is 1. The first kappa shape index (κ1) is 15.6. The highest BCUT2D eigenvalue weighted by Gasteiger charge is 2.14. The van der Waals surface area contributed by atoms with Gasteiger partial charge in [0.25, 0.3) is 0 Å². The Morgan fingerprint density at radius 3 is 2.90 bits per heavy atom. The van der Waals surface area contributed by atoms with Gasteiger partial charge >= 0.3 is 0 Å². The van der Waals surface area contributed by atoms with Crippen molar-refractivity contribution in [2.45, 2.75) is 33.4 Å². The zero-order chi connectivity index (χ0) is 15.2. The Hall–Kier alpha value is -1.79. The molecule has 2 heterocycles. The maximum absolute atomic E-state index is 11.5. The lowest BCUT2D eigenvalue weighted by Gasteiger charge is -2.15. The maximum atomic E-state index is 11.5. The average Bonchev–Trinajstić information content (AvgIpc) is 2.94. The first-order chi connectivity index (χ1) is 10.1. The molecular weight excluding hydrogens is 284 g/mol. The summed E-state index contributed by atoms with van der Waals surface area (Å²) in [6.45, 7) is 6.88. The summed E-state index contributed by atoms with van der Waals surface area (Å²) in [7, 11) is 0. The molecule has 0 aliphatic carbocycles. The zero-order valence-corrected chi connectivity index (χ0v) is 13.4. The average molecular weight is 304 g/mol. The Balaban J connectivity index is 1.95. The fraction of sp³-hybridized carbons (Fsp3) is 0.400. The van der Waals surface area contributed by atoms with Crippen molar-refractivity contribution in [2.75, 3.05) is 11.4 Å². The van der Waals surface area contributed by atoms with Crippen molar-refractivity contribution < 1.29 is 4.79 Å². The van der Waals surface area contributed by atoms with Crippen molar-refractivity contribution in [3.05, 3.63) is 41.2 Å². The summed E-state index contributed by atoms with van der Waals surface area (Å²) in [6.07, 6.45) is 1.79. The van der Waals surface area contributed by atoms with Crippen LogP contribution in [0.1, 0.15) is 38.2 Å². The molecule has 6 heteroatoms. The molecule has 2 aromatic heterocycles. The molecule has 0 spiro atoms. The molecule has 0 bridgehead atoms. The van der Waals surface area contributed by atoms with Gasteiger partial charge in [0.2, 0.25) is 5.91 Å². The van der Waals surface area contributed by atoms with E-state index >= 15 is 0 Å². The van der Waals surface area contributed by atoms with Crippen LogP contribution < -0.4 is 10.2 Å². The Labute approximate surface area is 129 Å². The molecular formula is C15H20N4OS. The molecule has 1 N–H and O–H groups in total. The van der Waals surface area contributed by atoms with Crippen LogP contribution in [0.25, 0.3) is 0 Å². The van der Waals surface area contributed by atoms with Gasteiger partial charge in [0, 0.05) is 37.6 Å². The Kier molecular flexibility index (Phi) is 5.41. The maximum Gasteiger partial charge on any atom is 0.225 e. The molecule has 0 radical (unpaired) electrons. The molecule has 2 aromatic rings. The third-order valence-corrected chi connectivity index (χ3v) is 4.10. The first-order valence-electron chi connectivity index (χ1n) is 6.98. The van der Waals surface area contributed by atoms with E-state index in [1.54, 1.807) is 18.0 Å². The molecule has 1 amide bonds. The van der Waals surface area contributed by atoms with Crippen molar-refractivity contribution in [2.24, 2.45) is 0 Å². The van der Waals surface area contributed by atoms with Crippen LogP contribution >= 0.6 is 11.3 Å². The van der Waals surface area contributed by atoms with Crippen LogP contribution in [0.5, 0.6) is 0 Å². The summed E-state index contributed by atoms with van der Waals surface area (Å²) in [5.74, 6) is 0.0215. The van der Waals surface area contributed by atoms with Crippen LogP contribution in [-0.2, 0) is 11.3 Å². The van der Waals surface area contributed by atoms with Gasteiger partial charge in [0.1, 0.15) is 0 Å². The van der Waals surface area contributed by atoms with Crippen LogP contribution in [-0.4, -0.2) is 22.4 Å². The largest absolute Gasteiger partial charge is 0.303 e. The van der Waals surface area contributed by atoms with Crippen molar-refractivity contribution in [3.8, 4) is 0 Å². The van der Waals surface area contributed by atoms with Crippen molar-refractivity contribution >= 4 is 22.4 Å². The molecule has 0 fully saturated rings. The van der Waals surface area contributed by atoms with Crippen LogP contribution in [0, 0.1) is 0 Å². The fourth-order valence-corrected chi connectivity index (χ4v) is 2.92. The normalized spacial score (nSPS) is 12.1. The van der Waals surface area contributed by atoms with Gasteiger partial charge in [-0.25, -0.2) is 4.98 Å². The number of aromatic nitrogens is 2. The molecule has 2 rings (SSSR count). The van der Waals surface area contributed by atoms with Gasteiger partial charge in [-0.2, -0.15) is 0 Å². The Bertz CT molecular complexity index is 584. The van der Waals surface area contributed by atoms with Crippen LogP contribution in [0.4, 0.5) is 5.13 Å². The smallest absolute Gasteiger partial charge is 0.225 e. The van der Waals surface area contributed by atoms with E-state index in [1.165, 1.54) is 11.3 Å². The molecule has 21 heavy (non-hydrogen) atoms. The number of carbonyl (C=O) groups is 1. The van der Waals surface area contributed by atoms with Gasteiger partial charge in [-0.15, -0.1) is 11.3 Å². The van der Waals surface area contributed by atoms with Gasteiger partial charge in [-0.1, -0.05) is 6.07 Å². The number of nitrogens with zero attached hydrogens (tertiary/aromatic N) is 3. The lowest BCUT2D eigenvalue weighted by molar-refractivity contribution is -0.116. The van der Waals surface area contributed by atoms with E-state index < -0.39 is 0 Å². The van der Waals surface area contributed by atoms with Gasteiger partial charge < -0.3 is 5.32 Å².